The molecule has 2 aromatic heterocycles. The lowest BCUT2D eigenvalue weighted by molar-refractivity contribution is 0.498. The average molecular weight is 261 g/mol. The standard InChI is InChI=1S/C14H19N3S/c1-10-9-18-14(16-10)8-17-6-11-4-3-5-13(15-2)12(11)7-17/h6-7,9,13,15H,3-5,8H2,1-2H3. The fourth-order valence-electron chi connectivity index (χ4n) is 2.77. The Morgan fingerprint density at radius 3 is 3.11 bits per heavy atom. The predicted molar refractivity (Wildman–Crippen MR) is 75.1 cm³/mol. The van der Waals surface area contributed by atoms with Crippen LogP contribution in [0.3, 0.4) is 0 Å². The highest BCUT2D eigenvalue weighted by Crippen LogP contribution is 2.30. The molecule has 1 aliphatic carbocycles. The number of aromatic nitrogens is 2. The highest BCUT2D eigenvalue weighted by Gasteiger charge is 2.20. The summed E-state index contributed by atoms with van der Waals surface area (Å²) in [7, 11) is 2.06. The summed E-state index contributed by atoms with van der Waals surface area (Å²) in [4.78, 5) is 4.53. The molecule has 1 atom stereocenters. The van der Waals surface area contributed by atoms with Crippen molar-refractivity contribution < 1.29 is 0 Å². The third kappa shape index (κ3) is 2.22. The van der Waals surface area contributed by atoms with Crippen LogP contribution in [0.2, 0.25) is 0 Å². The fourth-order valence-corrected chi connectivity index (χ4v) is 3.55. The topological polar surface area (TPSA) is 29.9 Å². The lowest BCUT2D eigenvalue weighted by Gasteiger charge is -2.21. The summed E-state index contributed by atoms with van der Waals surface area (Å²) in [6.45, 7) is 2.96. The smallest absolute Gasteiger partial charge is 0.113 e. The first kappa shape index (κ1) is 11.9. The molecule has 2 aromatic rings. The van der Waals surface area contributed by atoms with Gasteiger partial charge in [-0.15, -0.1) is 11.3 Å². The molecule has 1 aliphatic rings. The second-order valence-electron chi connectivity index (χ2n) is 5.03. The van der Waals surface area contributed by atoms with Gasteiger partial charge in [-0.3, -0.25) is 0 Å². The Morgan fingerprint density at radius 1 is 1.50 bits per heavy atom. The first-order chi connectivity index (χ1) is 8.76. The summed E-state index contributed by atoms with van der Waals surface area (Å²) in [5, 5.41) is 6.73. The molecule has 0 saturated heterocycles. The second-order valence-corrected chi connectivity index (χ2v) is 5.97. The molecule has 0 spiro atoms. The van der Waals surface area contributed by atoms with Crippen molar-refractivity contribution in [3.8, 4) is 0 Å². The van der Waals surface area contributed by atoms with E-state index in [1.807, 2.05) is 0 Å². The van der Waals surface area contributed by atoms with E-state index in [0.717, 1.165) is 12.2 Å². The summed E-state index contributed by atoms with van der Waals surface area (Å²) in [5.41, 5.74) is 4.12. The molecule has 0 aromatic carbocycles. The Labute approximate surface area is 112 Å². The Kier molecular flexibility index (Phi) is 3.22. The zero-order valence-corrected chi connectivity index (χ0v) is 11.8. The van der Waals surface area contributed by atoms with E-state index in [1.165, 1.54) is 35.4 Å². The molecule has 0 radical (unpaired) electrons. The van der Waals surface area contributed by atoms with E-state index < -0.39 is 0 Å². The lowest BCUT2D eigenvalue weighted by Crippen LogP contribution is -2.20. The van der Waals surface area contributed by atoms with E-state index in [4.69, 9.17) is 0 Å². The lowest BCUT2D eigenvalue weighted by atomic mass is 9.91. The van der Waals surface area contributed by atoms with Crippen molar-refractivity contribution in [2.75, 3.05) is 7.05 Å². The van der Waals surface area contributed by atoms with E-state index in [2.05, 4.69) is 46.6 Å². The van der Waals surface area contributed by atoms with Crippen LogP contribution in [-0.2, 0) is 13.0 Å². The summed E-state index contributed by atoms with van der Waals surface area (Å²) >= 11 is 1.75. The van der Waals surface area contributed by atoms with Crippen LogP contribution in [0, 0.1) is 6.92 Å². The summed E-state index contributed by atoms with van der Waals surface area (Å²) < 4.78 is 2.29. The van der Waals surface area contributed by atoms with Gasteiger partial charge in [0.05, 0.1) is 6.54 Å². The molecule has 4 heteroatoms. The third-order valence-electron chi connectivity index (χ3n) is 3.64. The van der Waals surface area contributed by atoms with Crippen LogP contribution in [0.25, 0.3) is 0 Å². The van der Waals surface area contributed by atoms with Crippen LogP contribution in [0.5, 0.6) is 0 Å². The molecule has 3 nitrogen and oxygen atoms in total. The molecule has 1 N–H and O–H groups in total. The van der Waals surface area contributed by atoms with Crippen LogP contribution in [0.1, 0.15) is 40.7 Å². The minimum Gasteiger partial charge on any atom is -0.347 e. The molecule has 18 heavy (non-hydrogen) atoms. The van der Waals surface area contributed by atoms with Crippen LogP contribution >= 0.6 is 11.3 Å². The van der Waals surface area contributed by atoms with Gasteiger partial charge in [0.2, 0.25) is 0 Å². The quantitative estimate of drug-likeness (QED) is 0.920. The zero-order chi connectivity index (χ0) is 12.5. The van der Waals surface area contributed by atoms with Crippen molar-refractivity contribution in [3.05, 3.63) is 39.6 Å². The van der Waals surface area contributed by atoms with E-state index in [-0.39, 0.29) is 0 Å². The van der Waals surface area contributed by atoms with Crippen molar-refractivity contribution in [3.63, 3.8) is 0 Å². The summed E-state index contributed by atoms with van der Waals surface area (Å²) in [6, 6.07) is 0.535. The third-order valence-corrected chi connectivity index (χ3v) is 4.60. The maximum Gasteiger partial charge on any atom is 0.113 e. The number of thiazole rings is 1. The van der Waals surface area contributed by atoms with Crippen molar-refractivity contribution >= 4 is 11.3 Å². The average Bonchev–Trinajstić information content (AvgIpc) is 2.94. The normalized spacial score (nSPS) is 18.9. The van der Waals surface area contributed by atoms with Gasteiger partial charge in [-0.25, -0.2) is 4.98 Å². The molecule has 2 heterocycles. The minimum atomic E-state index is 0.535. The molecule has 96 valence electrons. The highest BCUT2D eigenvalue weighted by atomic mass is 32.1. The van der Waals surface area contributed by atoms with Crippen LogP contribution in [-0.4, -0.2) is 16.6 Å². The first-order valence-electron chi connectivity index (χ1n) is 6.53. The van der Waals surface area contributed by atoms with Crippen LogP contribution in [0.15, 0.2) is 17.8 Å². The molecule has 0 fully saturated rings. The predicted octanol–water partition coefficient (Wildman–Crippen LogP) is 2.90. The summed E-state index contributed by atoms with van der Waals surface area (Å²) in [5.74, 6) is 0. The molecule has 0 aliphatic heterocycles. The Bertz CT molecular complexity index is 541. The number of rotatable bonds is 3. The monoisotopic (exact) mass is 261 g/mol. The maximum absolute atomic E-state index is 4.53. The van der Waals surface area contributed by atoms with Crippen molar-refractivity contribution in [2.24, 2.45) is 0 Å². The molecule has 0 bridgehead atoms. The van der Waals surface area contributed by atoms with Gasteiger partial charge in [0.25, 0.3) is 0 Å². The number of hydrogen-bond donors (Lipinski definition) is 1. The van der Waals surface area contributed by atoms with Gasteiger partial charge in [0.1, 0.15) is 5.01 Å². The fraction of sp³-hybridized carbons (Fsp3) is 0.500. The van der Waals surface area contributed by atoms with Crippen molar-refractivity contribution in [2.45, 2.75) is 38.8 Å². The van der Waals surface area contributed by atoms with E-state index in [1.54, 1.807) is 11.3 Å². The second kappa shape index (κ2) is 4.86. The Balaban J connectivity index is 1.84. The highest BCUT2D eigenvalue weighted by molar-refractivity contribution is 7.09. The van der Waals surface area contributed by atoms with Gasteiger partial charge in [-0.1, -0.05) is 0 Å². The molecule has 0 saturated carbocycles. The van der Waals surface area contributed by atoms with Gasteiger partial charge in [0, 0.05) is 29.5 Å². The van der Waals surface area contributed by atoms with E-state index >= 15 is 0 Å². The van der Waals surface area contributed by atoms with Gasteiger partial charge in [-0.05, 0) is 44.4 Å². The molecule has 0 amide bonds. The maximum atomic E-state index is 4.53. The van der Waals surface area contributed by atoms with Gasteiger partial charge in [-0.2, -0.15) is 0 Å². The first-order valence-corrected chi connectivity index (χ1v) is 7.41. The molecular weight excluding hydrogens is 242 g/mol. The van der Waals surface area contributed by atoms with Crippen molar-refractivity contribution in [1.29, 1.82) is 0 Å². The molecule has 1 unspecified atom stereocenters. The number of fused-ring (bicyclic) bond motifs is 1. The van der Waals surface area contributed by atoms with Gasteiger partial charge in [0.15, 0.2) is 0 Å². The SMILES string of the molecule is CNC1CCCc2cn(Cc3nc(C)cs3)cc21. The number of aryl methyl sites for hydroxylation is 2. The molecular formula is C14H19N3S. The van der Waals surface area contributed by atoms with Gasteiger partial charge < -0.3 is 9.88 Å². The van der Waals surface area contributed by atoms with Crippen LogP contribution in [0.4, 0.5) is 0 Å². The molecule has 3 rings (SSSR count). The van der Waals surface area contributed by atoms with E-state index in [0.29, 0.717) is 6.04 Å². The largest absolute Gasteiger partial charge is 0.347 e. The van der Waals surface area contributed by atoms with Crippen molar-refractivity contribution in [1.82, 2.24) is 14.9 Å². The minimum absolute atomic E-state index is 0.535. The number of nitrogens with zero attached hydrogens (tertiary/aromatic N) is 2. The Hall–Kier alpha value is -1.13. The van der Waals surface area contributed by atoms with E-state index in [9.17, 15) is 0 Å². The number of nitrogens with one attached hydrogen (secondary N) is 1. The number of hydrogen-bond acceptors (Lipinski definition) is 3. The van der Waals surface area contributed by atoms with Gasteiger partial charge >= 0.3 is 0 Å². The Morgan fingerprint density at radius 2 is 2.39 bits per heavy atom. The zero-order valence-electron chi connectivity index (χ0n) is 10.9. The summed E-state index contributed by atoms with van der Waals surface area (Å²) in [6.07, 6.45) is 8.36. The van der Waals surface area contributed by atoms with Crippen LogP contribution < -0.4 is 5.32 Å².